The predicted octanol–water partition coefficient (Wildman–Crippen LogP) is 2.95. The molecule has 2 bridgehead atoms. The summed E-state index contributed by atoms with van der Waals surface area (Å²) in [6.45, 7) is 5.57. The molecule has 3 aliphatic carbocycles. The van der Waals surface area contributed by atoms with Gasteiger partial charge < -0.3 is 10.2 Å². The largest absolute Gasteiger partial charge is 0.493 e. The first-order valence-corrected chi connectivity index (χ1v) is 15.9. The van der Waals surface area contributed by atoms with Crippen molar-refractivity contribution in [2.45, 2.75) is 89.3 Å². The van der Waals surface area contributed by atoms with Crippen molar-refractivity contribution in [3.63, 3.8) is 0 Å². The Hall–Kier alpha value is -2.10. The number of aromatic nitrogens is 2. The maximum absolute atomic E-state index is 14.1. The molecule has 9 heteroatoms. The number of aliphatic hydroxyl groups is 1. The number of nitrogens with zero attached hydrogens (tertiary/aromatic N) is 3. The first kappa shape index (κ1) is 24.9. The Labute approximate surface area is 224 Å². The van der Waals surface area contributed by atoms with Crippen LogP contribution < -0.4 is 5.69 Å². The third-order valence-electron chi connectivity index (χ3n) is 11.7. The summed E-state index contributed by atoms with van der Waals surface area (Å²) < 4.78 is 32.9. The summed E-state index contributed by atoms with van der Waals surface area (Å²) in [4.78, 5) is 13.5. The summed E-state index contributed by atoms with van der Waals surface area (Å²) in [7, 11) is -3.59. The zero-order valence-electron chi connectivity index (χ0n) is 22.4. The van der Waals surface area contributed by atoms with Crippen LogP contribution in [-0.4, -0.2) is 57.0 Å². The highest BCUT2D eigenvalue weighted by Crippen LogP contribution is 2.70. The van der Waals surface area contributed by atoms with Crippen LogP contribution in [0.5, 0.6) is 5.88 Å². The topological polar surface area (TPSA) is 105 Å². The summed E-state index contributed by atoms with van der Waals surface area (Å²) in [5, 5.41) is 21.2. The van der Waals surface area contributed by atoms with Crippen LogP contribution in [0, 0.1) is 16.7 Å². The second-order valence-corrected chi connectivity index (χ2v) is 15.3. The minimum absolute atomic E-state index is 0.00672. The first-order chi connectivity index (χ1) is 18.0. The Bertz CT molecular complexity index is 1470. The molecule has 2 aliphatic heterocycles. The van der Waals surface area contributed by atoms with Crippen molar-refractivity contribution < 1.29 is 18.6 Å². The van der Waals surface area contributed by atoms with E-state index in [4.69, 9.17) is 0 Å². The Kier molecular flexibility index (Phi) is 5.23. The summed E-state index contributed by atoms with van der Waals surface area (Å²) in [5.74, 6) is 0.220. The highest BCUT2D eigenvalue weighted by molar-refractivity contribution is 7.89. The monoisotopic (exact) mass is 541 g/mol. The van der Waals surface area contributed by atoms with Gasteiger partial charge in [0.1, 0.15) is 0 Å². The maximum atomic E-state index is 14.1. The molecule has 7 rings (SSSR count). The van der Waals surface area contributed by atoms with E-state index >= 15 is 0 Å². The van der Waals surface area contributed by atoms with Crippen LogP contribution in [0.3, 0.4) is 0 Å². The lowest BCUT2D eigenvalue weighted by Gasteiger charge is -2.45. The lowest BCUT2D eigenvalue weighted by Crippen LogP contribution is -2.51. The van der Waals surface area contributed by atoms with E-state index in [0.29, 0.717) is 31.1 Å². The number of piperidine rings is 1. The summed E-state index contributed by atoms with van der Waals surface area (Å²) in [6, 6.07) is 8.26. The molecule has 0 radical (unpaired) electrons. The van der Waals surface area contributed by atoms with Crippen molar-refractivity contribution >= 4 is 10.0 Å². The van der Waals surface area contributed by atoms with E-state index in [0.717, 1.165) is 38.5 Å². The van der Waals surface area contributed by atoms with Crippen molar-refractivity contribution in [2.24, 2.45) is 16.7 Å². The molecule has 8 nitrogen and oxygen atoms in total. The van der Waals surface area contributed by atoms with Crippen LogP contribution in [-0.2, 0) is 34.8 Å². The van der Waals surface area contributed by atoms with Gasteiger partial charge in [-0.3, -0.25) is 9.13 Å². The molecule has 1 saturated heterocycles. The van der Waals surface area contributed by atoms with E-state index in [9.17, 15) is 23.4 Å². The molecule has 206 valence electrons. The third-order valence-corrected chi connectivity index (χ3v) is 13.8. The zero-order chi connectivity index (χ0) is 26.7. The normalized spacial score (nSPS) is 33.2. The lowest BCUT2D eigenvalue weighted by atomic mass is 9.69. The zero-order valence-corrected chi connectivity index (χ0v) is 23.2. The number of aliphatic hydroxyl groups excluding tert-OH is 1. The number of rotatable bonds is 4. The molecular weight excluding hydrogens is 502 g/mol. The van der Waals surface area contributed by atoms with Crippen molar-refractivity contribution in [1.82, 2.24) is 13.4 Å². The van der Waals surface area contributed by atoms with Crippen LogP contribution in [0.15, 0.2) is 29.1 Å². The van der Waals surface area contributed by atoms with Crippen molar-refractivity contribution in [1.29, 1.82) is 0 Å². The molecule has 5 aliphatic rings. The number of aromatic hydroxyl groups is 1. The molecule has 38 heavy (non-hydrogen) atoms. The van der Waals surface area contributed by atoms with Gasteiger partial charge >= 0.3 is 5.69 Å². The average Bonchev–Trinajstić information content (AvgIpc) is 3.61. The lowest BCUT2D eigenvalue weighted by molar-refractivity contribution is 0.101. The maximum Gasteiger partial charge on any atom is 0.331 e. The van der Waals surface area contributed by atoms with Gasteiger partial charge in [0.05, 0.1) is 24.1 Å². The smallest absolute Gasteiger partial charge is 0.331 e. The molecule has 1 aromatic heterocycles. The predicted molar refractivity (Wildman–Crippen MR) is 144 cm³/mol. The van der Waals surface area contributed by atoms with Crippen LogP contribution in [0.4, 0.5) is 0 Å². The fourth-order valence-electron chi connectivity index (χ4n) is 9.39. The number of hydrogen-bond acceptors (Lipinski definition) is 5. The average molecular weight is 542 g/mol. The highest BCUT2D eigenvalue weighted by atomic mass is 32.2. The molecule has 1 spiro atoms. The van der Waals surface area contributed by atoms with Gasteiger partial charge in [0, 0.05) is 31.0 Å². The van der Waals surface area contributed by atoms with Gasteiger partial charge in [-0.1, -0.05) is 38.1 Å². The van der Waals surface area contributed by atoms with Crippen molar-refractivity contribution in [3.05, 3.63) is 51.6 Å². The molecule has 1 aromatic carbocycles. The molecule has 2 aromatic rings. The van der Waals surface area contributed by atoms with E-state index in [-0.39, 0.29) is 47.2 Å². The van der Waals surface area contributed by atoms with E-state index < -0.39 is 21.5 Å². The summed E-state index contributed by atoms with van der Waals surface area (Å²) >= 11 is 0. The molecule has 3 fully saturated rings. The van der Waals surface area contributed by atoms with Gasteiger partial charge in [0.15, 0.2) is 0 Å². The molecule has 2 N–H and O–H groups in total. The SMILES string of the molecule is CC1(C)[C@@H]2CC[C@@]1(CS(=O)(=O)N1CCC3(CCc4ccccc43)CC1)[C@@H](n1c(O)c3n(c1=O)CC(O)C3)C2. The molecule has 2 saturated carbocycles. The Morgan fingerprint density at radius 3 is 2.53 bits per heavy atom. The van der Waals surface area contributed by atoms with E-state index in [1.165, 1.54) is 20.3 Å². The summed E-state index contributed by atoms with van der Waals surface area (Å²) in [5.41, 5.74) is 2.15. The quantitative estimate of drug-likeness (QED) is 0.619. The number of aryl methyl sites for hydroxylation is 1. The van der Waals surface area contributed by atoms with E-state index in [1.807, 2.05) is 0 Å². The number of fused-ring (bicyclic) bond motifs is 5. The van der Waals surface area contributed by atoms with Gasteiger partial charge in [0.2, 0.25) is 15.9 Å². The van der Waals surface area contributed by atoms with Gasteiger partial charge in [-0.15, -0.1) is 0 Å². The molecule has 1 unspecified atom stereocenters. The number of hydrogen-bond donors (Lipinski definition) is 2. The van der Waals surface area contributed by atoms with Crippen molar-refractivity contribution in [3.8, 4) is 5.88 Å². The minimum atomic E-state index is -3.59. The molecule has 0 amide bonds. The highest BCUT2D eigenvalue weighted by Gasteiger charge is 2.67. The molecular formula is C29H39N3O5S. The van der Waals surface area contributed by atoms with E-state index in [2.05, 4.69) is 38.1 Å². The number of benzene rings is 1. The first-order valence-electron chi connectivity index (χ1n) is 14.3. The van der Waals surface area contributed by atoms with Gasteiger partial charge in [-0.2, -0.15) is 0 Å². The van der Waals surface area contributed by atoms with Crippen LogP contribution >= 0.6 is 0 Å². The second kappa shape index (κ2) is 7.98. The number of sulfonamides is 1. The Morgan fingerprint density at radius 2 is 1.82 bits per heavy atom. The molecule has 3 heterocycles. The fourth-order valence-corrected chi connectivity index (χ4v) is 11.7. The van der Waals surface area contributed by atoms with Gasteiger partial charge in [0.25, 0.3) is 0 Å². The van der Waals surface area contributed by atoms with Crippen molar-refractivity contribution in [2.75, 3.05) is 18.8 Å². The fraction of sp³-hybridized carbons (Fsp3) is 0.690. The Morgan fingerprint density at radius 1 is 1.08 bits per heavy atom. The second-order valence-electron chi connectivity index (χ2n) is 13.3. The number of imidazole rings is 1. The van der Waals surface area contributed by atoms with Crippen LogP contribution in [0.25, 0.3) is 0 Å². The van der Waals surface area contributed by atoms with Gasteiger partial charge in [-0.25, -0.2) is 17.5 Å². The Balaban J connectivity index is 1.19. The van der Waals surface area contributed by atoms with Crippen LogP contribution in [0.2, 0.25) is 0 Å². The van der Waals surface area contributed by atoms with Gasteiger partial charge in [-0.05, 0) is 72.8 Å². The standard InChI is InChI=1S/C29H39N3O5S/c1-27(2)20-8-10-29(27,24(15-20)32-25(34)23-16-21(33)17-31(23)26(32)35)18-38(36,37)30-13-11-28(12-14-30)9-7-19-5-3-4-6-22(19)28/h3-6,20-21,24,33-34H,7-18H2,1-2H3/t20-,21?,24+,29-/m1/s1. The van der Waals surface area contributed by atoms with E-state index in [1.54, 1.807) is 4.31 Å². The third kappa shape index (κ3) is 3.15. The molecule has 4 atom stereocenters. The van der Waals surface area contributed by atoms with Crippen LogP contribution in [0.1, 0.15) is 75.2 Å². The minimum Gasteiger partial charge on any atom is -0.493 e. The summed E-state index contributed by atoms with van der Waals surface area (Å²) in [6.07, 6.45) is 5.81.